The van der Waals surface area contributed by atoms with E-state index >= 15 is 0 Å². The van der Waals surface area contributed by atoms with E-state index in [4.69, 9.17) is 9.57 Å². The Bertz CT molecular complexity index is 511. The van der Waals surface area contributed by atoms with Crippen molar-refractivity contribution in [1.82, 2.24) is 10.0 Å². The average molecular weight is 309 g/mol. The van der Waals surface area contributed by atoms with Crippen LogP contribution >= 0.6 is 11.9 Å². The van der Waals surface area contributed by atoms with Crippen molar-refractivity contribution in [2.24, 2.45) is 5.92 Å². The van der Waals surface area contributed by atoms with E-state index in [0.717, 1.165) is 18.5 Å². The second-order valence-corrected chi connectivity index (χ2v) is 6.04. The van der Waals surface area contributed by atoms with Crippen molar-refractivity contribution in [3.8, 4) is 0 Å². The van der Waals surface area contributed by atoms with Gasteiger partial charge in [0.1, 0.15) is 5.25 Å². The van der Waals surface area contributed by atoms with Gasteiger partial charge in [0, 0.05) is 18.7 Å². The molecular weight excluding hydrogens is 290 g/mol. The van der Waals surface area contributed by atoms with Gasteiger partial charge in [-0.1, -0.05) is 23.4 Å². The Hall–Kier alpha value is -1.12. The number of benzene rings is 1. The quantitative estimate of drug-likeness (QED) is 0.809. The highest BCUT2D eigenvalue weighted by atomic mass is 32.2. The van der Waals surface area contributed by atoms with Crippen LogP contribution in [0.4, 0.5) is 5.69 Å². The molecule has 0 bridgehead atoms. The molecule has 1 aromatic carbocycles. The number of carbonyl (C=O) groups excluding carboxylic acids is 1. The topological polar surface area (TPSA) is 62.8 Å². The Morgan fingerprint density at radius 1 is 1.38 bits per heavy atom. The van der Waals surface area contributed by atoms with Crippen LogP contribution in [0.2, 0.25) is 0 Å². The molecule has 2 unspecified atom stereocenters. The molecule has 6 nitrogen and oxygen atoms in total. The lowest BCUT2D eigenvalue weighted by molar-refractivity contribution is -0.300. The summed E-state index contributed by atoms with van der Waals surface area (Å²) in [5, 5.41) is 4.09. The standard InChI is InChI=1S/C14H19N3O3S/c1-19-14(10-8-9-10)12(21-16-17(14)20-2)13(18)15-11-6-4-3-5-7-11/h3-7,10,12,16H,8-9H2,1-2H3,(H,15,18). The lowest BCUT2D eigenvalue weighted by Crippen LogP contribution is -2.58. The van der Waals surface area contributed by atoms with Crippen molar-refractivity contribution in [3.63, 3.8) is 0 Å². The molecule has 1 saturated carbocycles. The van der Waals surface area contributed by atoms with Crippen LogP contribution in [0.15, 0.2) is 30.3 Å². The summed E-state index contributed by atoms with van der Waals surface area (Å²) in [4.78, 5) is 21.0. The highest BCUT2D eigenvalue weighted by Gasteiger charge is 2.62. The molecule has 7 heteroatoms. The molecule has 0 radical (unpaired) electrons. The molecule has 0 aromatic heterocycles. The summed E-state index contributed by atoms with van der Waals surface area (Å²) >= 11 is 1.32. The number of para-hydroxylation sites is 1. The maximum absolute atomic E-state index is 12.6. The van der Waals surface area contributed by atoms with Gasteiger partial charge >= 0.3 is 0 Å². The molecule has 1 aromatic rings. The molecule has 114 valence electrons. The fourth-order valence-electron chi connectivity index (χ4n) is 2.75. The molecule has 1 amide bonds. The van der Waals surface area contributed by atoms with E-state index in [-0.39, 0.29) is 11.8 Å². The summed E-state index contributed by atoms with van der Waals surface area (Å²) in [5.41, 5.74) is 0.0120. The van der Waals surface area contributed by atoms with Gasteiger partial charge in [-0.3, -0.25) is 9.63 Å². The normalized spacial score (nSPS) is 29.5. The number of anilines is 1. The lowest BCUT2D eigenvalue weighted by Gasteiger charge is -2.36. The van der Waals surface area contributed by atoms with Gasteiger partial charge in [0.25, 0.3) is 0 Å². The maximum Gasteiger partial charge on any atom is 0.243 e. The largest absolute Gasteiger partial charge is 0.358 e. The molecule has 0 spiro atoms. The van der Waals surface area contributed by atoms with Crippen LogP contribution in [0, 0.1) is 5.92 Å². The molecule has 2 N–H and O–H groups in total. The third-order valence-corrected chi connectivity index (χ3v) is 4.96. The average Bonchev–Trinajstić information content (AvgIpc) is 3.29. The van der Waals surface area contributed by atoms with Crippen LogP contribution in [-0.4, -0.2) is 36.3 Å². The van der Waals surface area contributed by atoms with Gasteiger partial charge < -0.3 is 10.1 Å². The van der Waals surface area contributed by atoms with Crippen molar-refractivity contribution < 1.29 is 14.4 Å². The van der Waals surface area contributed by atoms with E-state index in [0.29, 0.717) is 0 Å². The number of hydrogen-bond donors (Lipinski definition) is 2. The number of hydrazine groups is 1. The van der Waals surface area contributed by atoms with Crippen LogP contribution in [0.3, 0.4) is 0 Å². The molecule has 2 fully saturated rings. The van der Waals surface area contributed by atoms with Crippen LogP contribution in [-0.2, 0) is 14.4 Å². The Morgan fingerprint density at radius 2 is 2.10 bits per heavy atom. The molecule has 1 aliphatic heterocycles. The fraction of sp³-hybridized carbons (Fsp3) is 0.500. The highest BCUT2D eigenvalue weighted by Crippen LogP contribution is 2.51. The number of ether oxygens (including phenoxy) is 1. The summed E-state index contributed by atoms with van der Waals surface area (Å²) < 4.78 is 5.75. The van der Waals surface area contributed by atoms with Crippen molar-refractivity contribution in [3.05, 3.63) is 30.3 Å². The zero-order valence-corrected chi connectivity index (χ0v) is 12.9. The summed E-state index contributed by atoms with van der Waals surface area (Å²) in [6.07, 6.45) is 2.07. The molecule has 3 rings (SSSR count). The Morgan fingerprint density at radius 3 is 2.67 bits per heavy atom. The predicted octanol–water partition coefficient (Wildman–Crippen LogP) is 1.78. The maximum atomic E-state index is 12.6. The number of rotatable bonds is 5. The Balaban J connectivity index is 1.81. The summed E-state index contributed by atoms with van der Waals surface area (Å²) in [6.45, 7) is 0. The van der Waals surface area contributed by atoms with E-state index in [1.807, 2.05) is 30.3 Å². The molecule has 1 aliphatic carbocycles. The molecule has 1 saturated heterocycles. The molecular formula is C14H19N3O3S. The molecule has 21 heavy (non-hydrogen) atoms. The molecule has 2 aliphatic rings. The second-order valence-electron chi connectivity index (χ2n) is 5.15. The number of nitrogens with zero attached hydrogens (tertiary/aromatic N) is 1. The van der Waals surface area contributed by atoms with Gasteiger partial charge in [-0.2, -0.15) is 4.83 Å². The van der Waals surface area contributed by atoms with Crippen LogP contribution in [0.25, 0.3) is 0 Å². The van der Waals surface area contributed by atoms with Crippen molar-refractivity contribution in [2.45, 2.75) is 23.8 Å². The van der Waals surface area contributed by atoms with Crippen molar-refractivity contribution in [2.75, 3.05) is 19.5 Å². The number of methoxy groups -OCH3 is 1. The van der Waals surface area contributed by atoms with E-state index in [2.05, 4.69) is 10.1 Å². The van der Waals surface area contributed by atoms with Crippen LogP contribution < -0.4 is 10.1 Å². The number of hydroxylamine groups is 1. The Labute approximate surface area is 128 Å². The smallest absolute Gasteiger partial charge is 0.243 e. The van der Waals surface area contributed by atoms with Gasteiger partial charge in [-0.15, -0.1) is 0 Å². The van der Waals surface area contributed by atoms with Crippen molar-refractivity contribution in [1.29, 1.82) is 0 Å². The van der Waals surface area contributed by atoms with Gasteiger partial charge in [0.2, 0.25) is 5.91 Å². The first kappa shape index (κ1) is 14.8. The molecule has 2 atom stereocenters. The minimum absolute atomic E-state index is 0.0907. The predicted molar refractivity (Wildman–Crippen MR) is 80.9 cm³/mol. The first-order valence-electron chi connectivity index (χ1n) is 6.89. The summed E-state index contributed by atoms with van der Waals surface area (Å²) in [5.74, 6) is 0.198. The van der Waals surface area contributed by atoms with Gasteiger partial charge in [-0.25, -0.2) is 0 Å². The number of amides is 1. The fourth-order valence-corrected chi connectivity index (χ4v) is 3.88. The van der Waals surface area contributed by atoms with Crippen LogP contribution in [0.5, 0.6) is 0 Å². The van der Waals surface area contributed by atoms with Gasteiger partial charge in [0.15, 0.2) is 5.72 Å². The minimum atomic E-state index is -0.766. The zero-order chi connectivity index (χ0) is 14.9. The van der Waals surface area contributed by atoms with Crippen molar-refractivity contribution >= 4 is 23.5 Å². The number of hydrogen-bond acceptors (Lipinski definition) is 6. The Kier molecular flexibility index (Phi) is 4.19. The monoisotopic (exact) mass is 309 g/mol. The third kappa shape index (κ3) is 2.56. The first-order valence-corrected chi connectivity index (χ1v) is 7.77. The molecule has 1 heterocycles. The van der Waals surface area contributed by atoms with E-state index in [9.17, 15) is 4.79 Å². The first-order chi connectivity index (χ1) is 10.2. The van der Waals surface area contributed by atoms with E-state index < -0.39 is 11.0 Å². The minimum Gasteiger partial charge on any atom is -0.358 e. The lowest BCUT2D eigenvalue weighted by atomic mass is 10.0. The number of carbonyl (C=O) groups is 1. The SMILES string of the molecule is CON1NSC(C(=O)Nc2ccccc2)C1(OC)C1CC1. The summed E-state index contributed by atoms with van der Waals surface area (Å²) in [7, 11) is 3.20. The number of nitrogens with one attached hydrogen (secondary N) is 2. The summed E-state index contributed by atoms with van der Waals surface area (Å²) in [6, 6.07) is 9.43. The van der Waals surface area contributed by atoms with Gasteiger partial charge in [-0.05, 0) is 36.9 Å². The van der Waals surface area contributed by atoms with Gasteiger partial charge in [0.05, 0.1) is 7.11 Å². The van der Waals surface area contributed by atoms with E-state index in [1.54, 1.807) is 19.4 Å². The highest BCUT2D eigenvalue weighted by molar-refractivity contribution is 7.99. The van der Waals surface area contributed by atoms with E-state index in [1.165, 1.54) is 11.9 Å². The second kappa shape index (κ2) is 5.94. The third-order valence-electron chi connectivity index (χ3n) is 3.90. The van der Waals surface area contributed by atoms with Crippen LogP contribution in [0.1, 0.15) is 12.8 Å². The zero-order valence-electron chi connectivity index (χ0n) is 12.0.